The minimum atomic E-state index is 0.210. The smallest absolute Gasteiger partial charge is 0.128 e. The van der Waals surface area contributed by atoms with Gasteiger partial charge in [0, 0.05) is 47.9 Å². The van der Waals surface area contributed by atoms with Gasteiger partial charge in [-0.2, -0.15) is 0 Å². The predicted octanol–water partition coefficient (Wildman–Crippen LogP) is 3.00. The van der Waals surface area contributed by atoms with Crippen LogP contribution in [0.4, 0.5) is 0 Å². The Kier molecular flexibility index (Phi) is 5.28. The second-order valence-corrected chi connectivity index (χ2v) is 5.15. The highest BCUT2D eigenvalue weighted by atomic mass is 16.5. The topological polar surface area (TPSA) is 47.0 Å². The molecule has 0 aliphatic rings. The SMILES string of the molecule is CCNC(Cc1ncc(C)c(OC)c1C)c1cccnc1. The molecular weight excluding hydrogens is 262 g/mol. The van der Waals surface area contributed by atoms with Crippen LogP contribution in [-0.4, -0.2) is 23.6 Å². The molecule has 0 radical (unpaired) electrons. The first-order chi connectivity index (χ1) is 10.2. The Hall–Kier alpha value is -1.94. The highest BCUT2D eigenvalue weighted by molar-refractivity contribution is 5.41. The van der Waals surface area contributed by atoms with Gasteiger partial charge in [0.15, 0.2) is 0 Å². The summed E-state index contributed by atoms with van der Waals surface area (Å²) in [5, 5.41) is 3.51. The minimum Gasteiger partial charge on any atom is -0.496 e. The molecule has 2 rings (SSSR count). The number of aromatic nitrogens is 2. The number of hydrogen-bond donors (Lipinski definition) is 1. The van der Waals surface area contributed by atoms with Crippen molar-refractivity contribution in [2.45, 2.75) is 33.2 Å². The molecule has 2 heterocycles. The lowest BCUT2D eigenvalue weighted by molar-refractivity contribution is 0.406. The summed E-state index contributed by atoms with van der Waals surface area (Å²) in [4.78, 5) is 8.81. The van der Waals surface area contributed by atoms with Gasteiger partial charge in [-0.25, -0.2) is 0 Å². The van der Waals surface area contributed by atoms with Crippen LogP contribution in [0.2, 0.25) is 0 Å². The van der Waals surface area contributed by atoms with E-state index in [4.69, 9.17) is 4.74 Å². The fourth-order valence-corrected chi connectivity index (χ4v) is 2.61. The van der Waals surface area contributed by atoms with Crippen molar-refractivity contribution in [2.24, 2.45) is 0 Å². The van der Waals surface area contributed by atoms with E-state index in [0.717, 1.165) is 35.5 Å². The van der Waals surface area contributed by atoms with Crippen molar-refractivity contribution in [3.8, 4) is 5.75 Å². The summed E-state index contributed by atoms with van der Waals surface area (Å²) in [6.45, 7) is 7.10. The second kappa shape index (κ2) is 7.18. The average Bonchev–Trinajstić information content (AvgIpc) is 2.51. The zero-order chi connectivity index (χ0) is 15.2. The fraction of sp³-hybridized carbons (Fsp3) is 0.412. The third-order valence-corrected chi connectivity index (χ3v) is 3.68. The van der Waals surface area contributed by atoms with E-state index >= 15 is 0 Å². The maximum absolute atomic E-state index is 5.49. The van der Waals surface area contributed by atoms with E-state index in [1.165, 1.54) is 5.56 Å². The summed E-state index contributed by atoms with van der Waals surface area (Å²) < 4.78 is 5.49. The first kappa shape index (κ1) is 15.4. The monoisotopic (exact) mass is 285 g/mol. The number of nitrogens with zero attached hydrogens (tertiary/aromatic N) is 2. The van der Waals surface area contributed by atoms with E-state index in [1.807, 2.05) is 25.4 Å². The van der Waals surface area contributed by atoms with Crippen LogP contribution in [0.3, 0.4) is 0 Å². The van der Waals surface area contributed by atoms with Crippen molar-refractivity contribution in [1.29, 1.82) is 0 Å². The standard InChI is InChI=1S/C17H23N3O/c1-5-19-16(14-7-6-8-18-11-14)9-15-13(3)17(21-4)12(2)10-20-15/h6-8,10-11,16,19H,5,9H2,1-4H3. The van der Waals surface area contributed by atoms with Crippen molar-refractivity contribution in [3.63, 3.8) is 0 Å². The van der Waals surface area contributed by atoms with Crippen molar-refractivity contribution >= 4 is 0 Å². The normalized spacial score (nSPS) is 12.2. The quantitative estimate of drug-likeness (QED) is 0.886. The molecule has 0 spiro atoms. The third kappa shape index (κ3) is 3.58. The number of methoxy groups -OCH3 is 1. The van der Waals surface area contributed by atoms with Crippen LogP contribution in [0.5, 0.6) is 5.75 Å². The summed E-state index contributed by atoms with van der Waals surface area (Å²) in [5.74, 6) is 0.932. The Bertz CT molecular complexity index is 584. The molecule has 2 aromatic heterocycles. The molecular formula is C17H23N3O. The molecule has 0 saturated carbocycles. The van der Waals surface area contributed by atoms with Gasteiger partial charge in [-0.3, -0.25) is 9.97 Å². The Morgan fingerprint density at radius 1 is 1.29 bits per heavy atom. The molecule has 0 aliphatic carbocycles. The third-order valence-electron chi connectivity index (χ3n) is 3.68. The zero-order valence-corrected chi connectivity index (χ0v) is 13.2. The molecule has 4 heteroatoms. The number of aryl methyl sites for hydroxylation is 1. The van der Waals surface area contributed by atoms with E-state index in [-0.39, 0.29) is 6.04 Å². The van der Waals surface area contributed by atoms with Crippen LogP contribution in [-0.2, 0) is 6.42 Å². The Balaban J connectivity index is 2.29. The zero-order valence-electron chi connectivity index (χ0n) is 13.2. The number of ether oxygens (including phenoxy) is 1. The maximum Gasteiger partial charge on any atom is 0.128 e. The molecule has 0 fully saturated rings. The lowest BCUT2D eigenvalue weighted by Gasteiger charge is -2.20. The molecule has 112 valence electrons. The van der Waals surface area contributed by atoms with Gasteiger partial charge in [-0.05, 0) is 32.0 Å². The molecule has 1 unspecified atom stereocenters. The number of nitrogens with one attached hydrogen (secondary N) is 1. The van der Waals surface area contributed by atoms with Crippen molar-refractivity contribution < 1.29 is 4.74 Å². The molecule has 0 aliphatic heterocycles. The summed E-state index contributed by atoms with van der Waals surface area (Å²) >= 11 is 0. The minimum absolute atomic E-state index is 0.210. The molecule has 2 aromatic rings. The van der Waals surface area contributed by atoms with E-state index in [1.54, 1.807) is 13.3 Å². The van der Waals surface area contributed by atoms with Crippen molar-refractivity contribution in [1.82, 2.24) is 15.3 Å². The predicted molar refractivity (Wildman–Crippen MR) is 84.6 cm³/mol. The molecule has 1 atom stereocenters. The number of hydrogen-bond acceptors (Lipinski definition) is 4. The fourth-order valence-electron chi connectivity index (χ4n) is 2.61. The Labute approximate surface area is 126 Å². The van der Waals surface area contributed by atoms with Gasteiger partial charge in [-0.1, -0.05) is 13.0 Å². The first-order valence-electron chi connectivity index (χ1n) is 7.29. The molecule has 0 amide bonds. The van der Waals surface area contributed by atoms with Crippen molar-refractivity contribution in [3.05, 3.63) is 53.1 Å². The molecule has 1 N–H and O–H groups in total. The lowest BCUT2D eigenvalue weighted by atomic mass is 10.00. The van der Waals surface area contributed by atoms with Gasteiger partial charge in [0.1, 0.15) is 5.75 Å². The van der Waals surface area contributed by atoms with Crippen molar-refractivity contribution in [2.75, 3.05) is 13.7 Å². The van der Waals surface area contributed by atoms with Gasteiger partial charge in [0.05, 0.1) is 7.11 Å². The number of pyridine rings is 2. The molecule has 0 saturated heterocycles. The number of rotatable bonds is 6. The average molecular weight is 285 g/mol. The number of likely N-dealkylation sites (N-methyl/N-ethyl adjacent to an activating group) is 1. The first-order valence-corrected chi connectivity index (χ1v) is 7.29. The summed E-state index contributed by atoms with van der Waals surface area (Å²) in [6.07, 6.45) is 6.41. The maximum atomic E-state index is 5.49. The van der Waals surface area contributed by atoms with Gasteiger partial charge in [-0.15, -0.1) is 0 Å². The Morgan fingerprint density at radius 2 is 2.10 bits per heavy atom. The second-order valence-electron chi connectivity index (χ2n) is 5.15. The van der Waals surface area contributed by atoms with Crippen LogP contribution in [0.15, 0.2) is 30.7 Å². The largest absolute Gasteiger partial charge is 0.496 e. The van der Waals surface area contributed by atoms with Crippen LogP contribution >= 0.6 is 0 Å². The van der Waals surface area contributed by atoms with E-state index in [9.17, 15) is 0 Å². The molecule has 21 heavy (non-hydrogen) atoms. The van der Waals surface area contributed by atoms with E-state index in [2.05, 4.69) is 35.2 Å². The van der Waals surface area contributed by atoms with E-state index < -0.39 is 0 Å². The highest BCUT2D eigenvalue weighted by Crippen LogP contribution is 2.27. The lowest BCUT2D eigenvalue weighted by Crippen LogP contribution is -2.24. The van der Waals surface area contributed by atoms with Crippen LogP contribution < -0.4 is 10.1 Å². The molecule has 0 aromatic carbocycles. The van der Waals surface area contributed by atoms with Crippen LogP contribution in [0.25, 0.3) is 0 Å². The van der Waals surface area contributed by atoms with Gasteiger partial charge in [0.2, 0.25) is 0 Å². The summed E-state index contributed by atoms with van der Waals surface area (Å²) in [5.41, 5.74) is 4.43. The van der Waals surface area contributed by atoms with Gasteiger partial charge >= 0.3 is 0 Å². The van der Waals surface area contributed by atoms with E-state index in [0.29, 0.717) is 0 Å². The summed E-state index contributed by atoms with van der Waals surface area (Å²) in [7, 11) is 1.71. The molecule has 4 nitrogen and oxygen atoms in total. The summed E-state index contributed by atoms with van der Waals surface area (Å²) in [6, 6.07) is 4.28. The Morgan fingerprint density at radius 3 is 2.71 bits per heavy atom. The van der Waals surface area contributed by atoms with Crippen LogP contribution in [0.1, 0.15) is 35.3 Å². The molecule has 0 bridgehead atoms. The highest BCUT2D eigenvalue weighted by Gasteiger charge is 2.16. The van der Waals surface area contributed by atoms with Crippen LogP contribution in [0, 0.1) is 13.8 Å². The van der Waals surface area contributed by atoms with Gasteiger partial charge < -0.3 is 10.1 Å². The van der Waals surface area contributed by atoms with Gasteiger partial charge in [0.25, 0.3) is 0 Å².